The number of rotatable bonds is 5. The van der Waals surface area contributed by atoms with Gasteiger partial charge in [0.25, 0.3) is 0 Å². The molecule has 0 amide bonds. The first-order chi connectivity index (χ1) is 26.7. The van der Waals surface area contributed by atoms with E-state index in [2.05, 4.69) is 15.0 Å². The van der Waals surface area contributed by atoms with Gasteiger partial charge in [-0.1, -0.05) is 139 Å². The lowest BCUT2D eigenvalue weighted by atomic mass is 9.96. The van der Waals surface area contributed by atoms with E-state index in [9.17, 15) is 0 Å². The third-order valence-corrected chi connectivity index (χ3v) is 7.28. The quantitative estimate of drug-likeness (QED) is 0.206. The van der Waals surface area contributed by atoms with Crippen molar-refractivity contribution in [3.63, 3.8) is 0 Å². The van der Waals surface area contributed by atoms with Crippen LogP contribution in [-0.4, -0.2) is 15.0 Å². The topological polar surface area (TPSA) is 38.7 Å². The SMILES string of the molecule is [2H]c1cc2ccccc2cc1-c1cc2ccc(-c3cccc(-c4nc(-c5c([2H])c([2H])c([2H])c([2H])c5[2H])nc(-c5c([2H])c([2H])c([2H])c([2H])c5[2H])n4)c3)cc2cc1[2H]. The molecule has 0 aliphatic heterocycles. The number of nitrogens with zero attached hydrogens (tertiary/aromatic N) is 3. The summed E-state index contributed by atoms with van der Waals surface area (Å²) in [5, 5.41) is 3.59. The third kappa shape index (κ3) is 5.01. The molecule has 1 heterocycles. The summed E-state index contributed by atoms with van der Waals surface area (Å²) >= 11 is 0. The van der Waals surface area contributed by atoms with Crippen LogP contribution < -0.4 is 0 Å². The van der Waals surface area contributed by atoms with Crippen LogP contribution in [0.25, 0.3) is 78.0 Å². The van der Waals surface area contributed by atoms with Crippen LogP contribution in [0, 0.1) is 0 Å². The zero-order valence-corrected chi connectivity index (χ0v) is 23.0. The molecule has 0 saturated heterocycles. The minimum absolute atomic E-state index is 0.0362. The van der Waals surface area contributed by atoms with Gasteiger partial charge >= 0.3 is 0 Å². The molecule has 0 aliphatic carbocycles. The molecule has 44 heavy (non-hydrogen) atoms. The lowest BCUT2D eigenvalue weighted by Crippen LogP contribution is -2.00. The Labute approximate surface area is 273 Å². The second-order valence-corrected chi connectivity index (χ2v) is 10.1. The van der Waals surface area contributed by atoms with Crippen molar-refractivity contribution < 1.29 is 16.4 Å². The van der Waals surface area contributed by atoms with Gasteiger partial charge in [0.05, 0.1) is 16.4 Å². The minimum Gasteiger partial charge on any atom is -0.208 e. The van der Waals surface area contributed by atoms with Gasteiger partial charge in [0.15, 0.2) is 17.5 Å². The summed E-state index contributed by atoms with van der Waals surface area (Å²) < 4.78 is 101. The molecule has 0 saturated carbocycles. The Hall–Kier alpha value is -5.93. The Bertz CT molecular complexity index is 2820. The monoisotopic (exact) mass is 573 g/mol. The van der Waals surface area contributed by atoms with Gasteiger partial charge in [-0.15, -0.1) is 0 Å². The molecular weight excluding hydrogens is 534 g/mol. The molecule has 1 aromatic heterocycles. The third-order valence-electron chi connectivity index (χ3n) is 7.28. The number of hydrogen-bond acceptors (Lipinski definition) is 3. The molecule has 0 spiro atoms. The maximum Gasteiger partial charge on any atom is 0.164 e. The maximum absolute atomic E-state index is 8.91. The standard InChI is InChI=1S/C41H27N3/c1-3-11-29(12-4-1)39-42-40(30-13-5-2-6-14-30)44-41(43-39)38-17-9-16-32(27-38)33-20-21-37-26-36(23-22-35(37)25-33)34-19-18-28-10-7-8-15-31(28)24-34/h1-27H/i1D,2D,3D,4D,5D,6D,11D,12D,13D,14D,19D,23D. The second kappa shape index (κ2) is 11.0. The van der Waals surface area contributed by atoms with E-state index in [1.807, 2.05) is 60.7 Å². The van der Waals surface area contributed by atoms with Crippen LogP contribution in [0.5, 0.6) is 0 Å². The van der Waals surface area contributed by atoms with Gasteiger partial charge in [-0.25, -0.2) is 15.0 Å². The van der Waals surface area contributed by atoms with Crippen LogP contribution in [-0.2, 0) is 0 Å². The molecule has 7 aromatic carbocycles. The second-order valence-electron chi connectivity index (χ2n) is 10.1. The lowest BCUT2D eigenvalue weighted by molar-refractivity contribution is 1.07. The molecule has 0 bridgehead atoms. The summed E-state index contributed by atoms with van der Waals surface area (Å²) in [6, 6.07) is 22.6. The molecule has 206 valence electrons. The molecule has 3 heteroatoms. The van der Waals surface area contributed by atoms with Crippen molar-refractivity contribution in [1.82, 2.24) is 15.0 Å². The molecular formula is C41H27N3. The van der Waals surface area contributed by atoms with E-state index in [4.69, 9.17) is 16.4 Å². The van der Waals surface area contributed by atoms with Gasteiger partial charge in [-0.3, -0.25) is 0 Å². The van der Waals surface area contributed by atoms with Crippen molar-refractivity contribution in [2.45, 2.75) is 0 Å². The van der Waals surface area contributed by atoms with Gasteiger partial charge in [-0.2, -0.15) is 0 Å². The van der Waals surface area contributed by atoms with Gasteiger partial charge in [-0.05, 0) is 68.1 Å². The van der Waals surface area contributed by atoms with Crippen LogP contribution >= 0.6 is 0 Å². The summed E-state index contributed by atoms with van der Waals surface area (Å²) in [5.74, 6) is -0.720. The average Bonchev–Trinajstić information content (AvgIpc) is 3.20. The fraction of sp³-hybridized carbons (Fsp3) is 0. The van der Waals surface area contributed by atoms with Gasteiger partial charge in [0.1, 0.15) is 0 Å². The minimum atomic E-state index is -0.619. The normalized spacial score (nSPS) is 15.0. The molecule has 0 aliphatic rings. The Kier molecular flexibility index (Phi) is 4.03. The van der Waals surface area contributed by atoms with Crippen LogP contribution in [0.15, 0.2) is 164 Å². The number of aromatic nitrogens is 3. The van der Waals surface area contributed by atoms with Crippen LogP contribution in [0.3, 0.4) is 0 Å². The Morgan fingerprint density at radius 3 is 1.45 bits per heavy atom. The summed E-state index contributed by atoms with van der Waals surface area (Å²) in [7, 11) is 0. The smallest absolute Gasteiger partial charge is 0.164 e. The molecule has 8 rings (SSSR count). The van der Waals surface area contributed by atoms with Gasteiger partial charge in [0.2, 0.25) is 0 Å². The highest BCUT2D eigenvalue weighted by Gasteiger charge is 2.13. The number of hydrogen-bond donors (Lipinski definition) is 0. The molecule has 0 radical (unpaired) electrons. The van der Waals surface area contributed by atoms with Crippen LogP contribution in [0.4, 0.5) is 0 Å². The highest BCUT2D eigenvalue weighted by Crippen LogP contribution is 2.32. The van der Waals surface area contributed by atoms with Gasteiger partial charge < -0.3 is 0 Å². The van der Waals surface area contributed by atoms with Crippen molar-refractivity contribution in [2.75, 3.05) is 0 Å². The molecule has 0 N–H and O–H groups in total. The molecule has 0 unspecified atom stereocenters. The first-order valence-electron chi connectivity index (χ1n) is 19.8. The number of benzene rings is 7. The van der Waals surface area contributed by atoms with Crippen molar-refractivity contribution in [3.8, 4) is 56.4 Å². The Balaban J connectivity index is 1.27. The fourth-order valence-electron chi connectivity index (χ4n) is 5.09. The maximum atomic E-state index is 8.91. The van der Waals surface area contributed by atoms with Crippen LogP contribution in [0.2, 0.25) is 0 Å². The van der Waals surface area contributed by atoms with Crippen molar-refractivity contribution in [3.05, 3.63) is 164 Å². The first kappa shape index (κ1) is 16.1. The summed E-state index contributed by atoms with van der Waals surface area (Å²) in [5.41, 5.74) is 2.53. The van der Waals surface area contributed by atoms with Crippen molar-refractivity contribution in [2.24, 2.45) is 0 Å². The largest absolute Gasteiger partial charge is 0.208 e. The van der Waals surface area contributed by atoms with Crippen molar-refractivity contribution >= 4 is 21.5 Å². The highest BCUT2D eigenvalue weighted by atomic mass is 15.0. The molecule has 0 atom stereocenters. The summed E-state index contributed by atoms with van der Waals surface area (Å²) in [6.45, 7) is 0. The first-order valence-corrected chi connectivity index (χ1v) is 13.8. The van der Waals surface area contributed by atoms with E-state index < -0.39 is 60.4 Å². The van der Waals surface area contributed by atoms with E-state index >= 15 is 0 Å². The molecule has 0 fully saturated rings. The summed E-state index contributed by atoms with van der Waals surface area (Å²) in [6.07, 6.45) is 0. The molecule has 3 nitrogen and oxygen atoms in total. The Morgan fingerprint density at radius 1 is 0.318 bits per heavy atom. The van der Waals surface area contributed by atoms with E-state index in [1.54, 1.807) is 30.3 Å². The molecule has 8 aromatic rings. The predicted octanol–water partition coefficient (Wildman–Crippen LogP) is 10.5. The zero-order chi connectivity index (χ0) is 39.7. The highest BCUT2D eigenvalue weighted by molar-refractivity contribution is 5.93. The number of fused-ring (bicyclic) bond motifs is 2. The fourth-order valence-corrected chi connectivity index (χ4v) is 5.09. The van der Waals surface area contributed by atoms with E-state index in [1.165, 1.54) is 0 Å². The Morgan fingerprint density at radius 2 is 0.795 bits per heavy atom. The van der Waals surface area contributed by atoms with Crippen molar-refractivity contribution in [1.29, 1.82) is 0 Å². The van der Waals surface area contributed by atoms with E-state index in [-0.39, 0.29) is 34.6 Å². The summed E-state index contributed by atoms with van der Waals surface area (Å²) in [4.78, 5) is 13.4. The van der Waals surface area contributed by atoms with E-state index in [0.29, 0.717) is 22.7 Å². The lowest BCUT2D eigenvalue weighted by Gasteiger charge is -2.10. The van der Waals surface area contributed by atoms with Crippen LogP contribution in [0.1, 0.15) is 16.4 Å². The average molecular weight is 574 g/mol. The van der Waals surface area contributed by atoms with E-state index in [0.717, 1.165) is 32.7 Å². The zero-order valence-electron chi connectivity index (χ0n) is 35.0. The van der Waals surface area contributed by atoms with Gasteiger partial charge in [0, 0.05) is 16.7 Å². The predicted molar refractivity (Wildman–Crippen MR) is 182 cm³/mol.